The van der Waals surface area contributed by atoms with Crippen molar-refractivity contribution in [1.82, 2.24) is 15.1 Å². The molecule has 0 aliphatic carbocycles. The molecule has 1 atom stereocenters. The molecule has 1 aliphatic heterocycles. The van der Waals surface area contributed by atoms with Crippen LogP contribution < -0.4 is 5.32 Å². The molecule has 0 saturated carbocycles. The fourth-order valence-electron chi connectivity index (χ4n) is 2.29. The predicted molar refractivity (Wildman–Crippen MR) is 72.2 cm³/mol. The summed E-state index contributed by atoms with van der Waals surface area (Å²) < 4.78 is 13.6. The van der Waals surface area contributed by atoms with Crippen LogP contribution in [-0.2, 0) is 11.3 Å². The Balaban J connectivity index is 1.97. The zero-order valence-corrected chi connectivity index (χ0v) is 11.4. The number of hydrogen-bond donors (Lipinski definition) is 1. The van der Waals surface area contributed by atoms with Gasteiger partial charge in [-0.25, -0.2) is 4.39 Å². The summed E-state index contributed by atoms with van der Waals surface area (Å²) in [5.41, 5.74) is 0.544. The van der Waals surface area contributed by atoms with Gasteiger partial charge in [0.05, 0.1) is 6.04 Å². The maximum absolute atomic E-state index is 13.6. The number of amides is 1. The second kappa shape index (κ2) is 6.12. The Kier molecular flexibility index (Phi) is 4.50. The van der Waals surface area contributed by atoms with Crippen LogP contribution in [0.5, 0.6) is 0 Å². The fourth-order valence-corrected chi connectivity index (χ4v) is 2.29. The second-order valence-electron chi connectivity index (χ2n) is 5.05. The summed E-state index contributed by atoms with van der Waals surface area (Å²) in [7, 11) is 3.71. The van der Waals surface area contributed by atoms with Gasteiger partial charge in [0, 0.05) is 38.8 Å². The summed E-state index contributed by atoms with van der Waals surface area (Å²) in [6, 6.07) is 6.36. The van der Waals surface area contributed by atoms with Gasteiger partial charge in [0.25, 0.3) is 0 Å². The Hall–Kier alpha value is -1.46. The van der Waals surface area contributed by atoms with E-state index in [-0.39, 0.29) is 17.8 Å². The highest BCUT2D eigenvalue weighted by atomic mass is 19.1. The average Bonchev–Trinajstić information content (AvgIpc) is 2.40. The van der Waals surface area contributed by atoms with Gasteiger partial charge in [0.2, 0.25) is 5.91 Å². The molecule has 5 heteroatoms. The number of likely N-dealkylation sites (N-methyl/N-ethyl adjacent to an activating group) is 2. The van der Waals surface area contributed by atoms with E-state index < -0.39 is 0 Å². The SMILES string of the molecule is CN1CCNC(C(=O)N(C)Cc2ccccc2F)C1. The normalized spacial score (nSPS) is 20.3. The van der Waals surface area contributed by atoms with E-state index in [9.17, 15) is 9.18 Å². The highest BCUT2D eigenvalue weighted by molar-refractivity contribution is 5.82. The van der Waals surface area contributed by atoms with Crippen molar-refractivity contribution in [3.05, 3.63) is 35.6 Å². The van der Waals surface area contributed by atoms with Gasteiger partial charge in [0.1, 0.15) is 5.82 Å². The van der Waals surface area contributed by atoms with Crippen LogP contribution >= 0.6 is 0 Å². The number of nitrogens with one attached hydrogen (secondary N) is 1. The Labute approximate surface area is 113 Å². The molecule has 4 nitrogen and oxygen atoms in total. The number of halogens is 1. The van der Waals surface area contributed by atoms with E-state index in [1.54, 1.807) is 30.1 Å². The van der Waals surface area contributed by atoms with Crippen molar-refractivity contribution >= 4 is 5.91 Å². The molecule has 19 heavy (non-hydrogen) atoms. The van der Waals surface area contributed by atoms with Gasteiger partial charge in [-0.15, -0.1) is 0 Å². The third kappa shape index (κ3) is 3.52. The van der Waals surface area contributed by atoms with E-state index >= 15 is 0 Å². The summed E-state index contributed by atoms with van der Waals surface area (Å²) in [6.45, 7) is 2.75. The molecule has 1 fully saturated rings. The summed E-state index contributed by atoms with van der Waals surface area (Å²) in [5.74, 6) is -0.259. The first-order valence-corrected chi connectivity index (χ1v) is 6.48. The summed E-state index contributed by atoms with van der Waals surface area (Å²) in [6.07, 6.45) is 0. The summed E-state index contributed by atoms with van der Waals surface area (Å²) in [5, 5.41) is 3.20. The van der Waals surface area contributed by atoms with Crippen LogP contribution in [0, 0.1) is 5.82 Å². The maximum atomic E-state index is 13.6. The standard InChI is InChI=1S/C14H20FN3O/c1-17-8-7-16-13(10-17)14(19)18(2)9-11-5-3-4-6-12(11)15/h3-6,13,16H,7-10H2,1-2H3. The summed E-state index contributed by atoms with van der Waals surface area (Å²) >= 11 is 0. The molecule has 1 aromatic rings. The molecule has 2 rings (SSSR count). The summed E-state index contributed by atoms with van der Waals surface area (Å²) in [4.78, 5) is 16.0. The maximum Gasteiger partial charge on any atom is 0.241 e. The fraction of sp³-hybridized carbons (Fsp3) is 0.500. The Morgan fingerprint density at radius 3 is 2.95 bits per heavy atom. The van der Waals surface area contributed by atoms with Crippen molar-refractivity contribution in [3.63, 3.8) is 0 Å². The number of benzene rings is 1. The van der Waals surface area contributed by atoms with Crippen LogP contribution in [0.4, 0.5) is 4.39 Å². The lowest BCUT2D eigenvalue weighted by molar-refractivity contribution is -0.133. The van der Waals surface area contributed by atoms with Gasteiger partial charge in [-0.1, -0.05) is 18.2 Å². The van der Waals surface area contributed by atoms with Crippen LogP contribution in [0.15, 0.2) is 24.3 Å². The van der Waals surface area contributed by atoms with Gasteiger partial charge in [0.15, 0.2) is 0 Å². The minimum Gasteiger partial charge on any atom is -0.340 e. The first-order valence-electron chi connectivity index (χ1n) is 6.48. The quantitative estimate of drug-likeness (QED) is 0.873. The van der Waals surface area contributed by atoms with Gasteiger partial charge in [-0.05, 0) is 13.1 Å². The van der Waals surface area contributed by atoms with Crippen molar-refractivity contribution in [2.45, 2.75) is 12.6 Å². The van der Waals surface area contributed by atoms with Gasteiger partial charge in [-0.2, -0.15) is 0 Å². The number of rotatable bonds is 3. The molecule has 104 valence electrons. The Bertz CT molecular complexity index is 452. The van der Waals surface area contributed by atoms with Crippen molar-refractivity contribution in [3.8, 4) is 0 Å². The van der Waals surface area contributed by atoms with E-state index in [2.05, 4.69) is 10.2 Å². The molecule has 1 saturated heterocycles. The monoisotopic (exact) mass is 265 g/mol. The second-order valence-corrected chi connectivity index (χ2v) is 5.05. The van der Waals surface area contributed by atoms with Crippen LogP contribution in [0.25, 0.3) is 0 Å². The highest BCUT2D eigenvalue weighted by Crippen LogP contribution is 2.10. The Morgan fingerprint density at radius 2 is 2.26 bits per heavy atom. The number of carbonyl (C=O) groups excluding carboxylic acids is 1. The molecule has 1 unspecified atom stereocenters. The van der Waals surface area contributed by atoms with E-state index in [1.807, 2.05) is 7.05 Å². The molecule has 1 N–H and O–H groups in total. The first-order chi connectivity index (χ1) is 9.08. The first kappa shape index (κ1) is 14.0. The third-order valence-electron chi connectivity index (χ3n) is 3.42. The minimum absolute atomic E-state index is 0.00908. The van der Waals surface area contributed by atoms with Crippen LogP contribution in [-0.4, -0.2) is 55.5 Å². The molecule has 1 aliphatic rings. The van der Waals surface area contributed by atoms with Crippen molar-refractivity contribution in [1.29, 1.82) is 0 Å². The number of nitrogens with zero attached hydrogens (tertiary/aromatic N) is 2. The lowest BCUT2D eigenvalue weighted by Crippen LogP contribution is -2.56. The molecule has 1 aromatic carbocycles. The molecule has 1 amide bonds. The lowest BCUT2D eigenvalue weighted by Gasteiger charge is -2.32. The zero-order chi connectivity index (χ0) is 13.8. The van der Waals surface area contributed by atoms with E-state index in [4.69, 9.17) is 0 Å². The van der Waals surface area contributed by atoms with Gasteiger partial charge in [-0.3, -0.25) is 4.79 Å². The lowest BCUT2D eigenvalue weighted by atomic mass is 10.1. The van der Waals surface area contributed by atoms with Crippen molar-refractivity contribution in [2.75, 3.05) is 33.7 Å². The van der Waals surface area contributed by atoms with Crippen LogP contribution in [0.1, 0.15) is 5.56 Å². The van der Waals surface area contributed by atoms with Crippen molar-refractivity contribution < 1.29 is 9.18 Å². The van der Waals surface area contributed by atoms with Crippen molar-refractivity contribution in [2.24, 2.45) is 0 Å². The highest BCUT2D eigenvalue weighted by Gasteiger charge is 2.26. The molecular weight excluding hydrogens is 245 g/mol. The zero-order valence-electron chi connectivity index (χ0n) is 11.4. The molecule has 1 heterocycles. The Morgan fingerprint density at radius 1 is 1.53 bits per heavy atom. The number of carbonyl (C=O) groups is 1. The molecule has 0 radical (unpaired) electrons. The van der Waals surface area contributed by atoms with E-state index in [0.29, 0.717) is 18.7 Å². The molecule has 0 aromatic heterocycles. The van der Waals surface area contributed by atoms with E-state index in [0.717, 1.165) is 13.1 Å². The van der Waals surface area contributed by atoms with Crippen LogP contribution in [0.2, 0.25) is 0 Å². The third-order valence-corrected chi connectivity index (χ3v) is 3.42. The van der Waals surface area contributed by atoms with E-state index in [1.165, 1.54) is 6.07 Å². The topological polar surface area (TPSA) is 35.6 Å². The average molecular weight is 265 g/mol. The largest absolute Gasteiger partial charge is 0.340 e. The smallest absolute Gasteiger partial charge is 0.241 e. The number of piperazine rings is 1. The predicted octanol–water partition coefficient (Wildman–Crippen LogP) is 0.688. The number of hydrogen-bond acceptors (Lipinski definition) is 3. The molecule has 0 bridgehead atoms. The minimum atomic E-state index is -0.268. The van der Waals surface area contributed by atoms with Gasteiger partial charge >= 0.3 is 0 Å². The molecular formula is C14H20FN3O. The molecule has 0 spiro atoms. The van der Waals surface area contributed by atoms with Gasteiger partial charge < -0.3 is 15.1 Å². The van der Waals surface area contributed by atoms with Crippen LogP contribution in [0.3, 0.4) is 0 Å².